The average Bonchev–Trinajstić information content (AvgIpc) is 2.97. The maximum Gasteiger partial charge on any atom is 0.240 e. The number of carbonyl (C=O) groups is 1. The molecule has 1 aromatic carbocycles. The maximum atomic E-state index is 12.2. The molecule has 0 unspecified atom stereocenters. The van der Waals surface area contributed by atoms with Gasteiger partial charge in [0.15, 0.2) is 0 Å². The summed E-state index contributed by atoms with van der Waals surface area (Å²) in [5.74, 6) is 2.09. The lowest BCUT2D eigenvalue weighted by Gasteiger charge is -2.09. The summed E-state index contributed by atoms with van der Waals surface area (Å²) >= 11 is 1.45. The number of hydrogen-bond acceptors (Lipinski definition) is 7. The largest absolute Gasteiger partial charge is 0.497 e. The van der Waals surface area contributed by atoms with Crippen molar-refractivity contribution in [3.05, 3.63) is 41.3 Å². The summed E-state index contributed by atoms with van der Waals surface area (Å²) in [4.78, 5) is 12.0. The molecule has 10 heteroatoms. The second-order valence-corrected chi connectivity index (χ2v) is 8.47. The van der Waals surface area contributed by atoms with E-state index in [1.54, 1.807) is 12.1 Å². The number of aryl methyl sites for hydroxylation is 2. The van der Waals surface area contributed by atoms with Crippen molar-refractivity contribution in [2.24, 2.45) is 0 Å². The van der Waals surface area contributed by atoms with E-state index < -0.39 is 10.0 Å². The van der Waals surface area contributed by atoms with Crippen LogP contribution in [0.15, 0.2) is 33.7 Å². The lowest BCUT2D eigenvalue weighted by atomic mass is 10.2. The highest BCUT2D eigenvalue weighted by atomic mass is 32.2. The summed E-state index contributed by atoms with van der Waals surface area (Å²) in [6.45, 7) is 4.01. The van der Waals surface area contributed by atoms with Gasteiger partial charge in [0, 0.05) is 24.4 Å². The van der Waals surface area contributed by atoms with Crippen molar-refractivity contribution in [3.8, 4) is 5.75 Å². The smallest absolute Gasteiger partial charge is 0.240 e. The highest BCUT2D eigenvalue weighted by Crippen LogP contribution is 2.19. The Balaban J connectivity index is 1.68. The zero-order chi connectivity index (χ0) is 19.9. The van der Waals surface area contributed by atoms with Crippen molar-refractivity contribution in [3.63, 3.8) is 0 Å². The van der Waals surface area contributed by atoms with Crippen LogP contribution in [0.1, 0.15) is 17.0 Å². The summed E-state index contributed by atoms with van der Waals surface area (Å²) in [7, 11) is -2.11. The molecular formula is C17H23N3O5S2. The maximum absolute atomic E-state index is 12.2. The van der Waals surface area contributed by atoms with Crippen LogP contribution in [0.2, 0.25) is 0 Å². The third-order valence-corrected chi connectivity index (χ3v) is 6.21. The normalized spacial score (nSPS) is 11.4. The van der Waals surface area contributed by atoms with Crippen LogP contribution in [0.5, 0.6) is 5.75 Å². The molecule has 0 aliphatic heterocycles. The quantitative estimate of drug-likeness (QED) is 0.570. The number of amides is 1. The summed E-state index contributed by atoms with van der Waals surface area (Å²) in [6, 6.07) is 6.08. The van der Waals surface area contributed by atoms with Crippen LogP contribution in [0.4, 0.5) is 0 Å². The van der Waals surface area contributed by atoms with Crippen molar-refractivity contribution < 1.29 is 22.5 Å². The van der Waals surface area contributed by atoms with Gasteiger partial charge in [-0.05, 0) is 38.1 Å². The lowest BCUT2D eigenvalue weighted by Crippen LogP contribution is -2.35. The molecule has 27 heavy (non-hydrogen) atoms. The predicted molar refractivity (Wildman–Crippen MR) is 103 cm³/mol. The Kier molecular flexibility index (Phi) is 7.69. The van der Waals surface area contributed by atoms with Gasteiger partial charge >= 0.3 is 0 Å². The van der Waals surface area contributed by atoms with Crippen molar-refractivity contribution >= 4 is 27.7 Å². The fourth-order valence-corrected chi connectivity index (χ4v) is 4.27. The molecule has 0 bridgehead atoms. The van der Waals surface area contributed by atoms with E-state index in [9.17, 15) is 13.2 Å². The molecule has 0 aliphatic rings. The van der Waals surface area contributed by atoms with Crippen LogP contribution in [0, 0.1) is 13.8 Å². The van der Waals surface area contributed by atoms with Crippen LogP contribution < -0.4 is 14.8 Å². The summed E-state index contributed by atoms with van der Waals surface area (Å²) < 4.78 is 36.9. The van der Waals surface area contributed by atoms with E-state index >= 15 is 0 Å². The Morgan fingerprint density at radius 3 is 2.52 bits per heavy atom. The molecule has 0 atom stereocenters. The van der Waals surface area contributed by atoms with E-state index in [0.29, 0.717) is 11.5 Å². The van der Waals surface area contributed by atoms with E-state index in [4.69, 9.17) is 9.26 Å². The molecular weight excluding hydrogens is 390 g/mol. The van der Waals surface area contributed by atoms with Crippen molar-refractivity contribution in [2.75, 3.05) is 26.0 Å². The Bertz CT molecular complexity index is 844. The molecule has 0 spiro atoms. The number of nitrogens with zero attached hydrogens (tertiary/aromatic N) is 1. The fourth-order valence-electron chi connectivity index (χ4n) is 2.23. The topological polar surface area (TPSA) is 111 Å². The number of hydrogen-bond donors (Lipinski definition) is 2. The molecule has 0 fully saturated rings. The van der Waals surface area contributed by atoms with Gasteiger partial charge in [0.2, 0.25) is 15.9 Å². The third kappa shape index (κ3) is 6.26. The highest BCUT2D eigenvalue weighted by Gasteiger charge is 2.14. The molecule has 0 saturated heterocycles. The van der Waals surface area contributed by atoms with Crippen LogP contribution in [0.3, 0.4) is 0 Å². The molecule has 2 rings (SSSR count). The number of methoxy groups -OCH3 is 1. The molecule has 1 amide bonds. The van der Waals surface area contributed by atoms with E-state index in [-0.39, 0.29) is 29.6 Å². The third-order valence-electron chi connectivity index (χ3n) is 3.77. The van der Waals surface area contributed by atoms with Gasteiger partial charge in [-0.2, -0.15) is 0 Å². The van der Waals surface area contributed by atoms with Gasteiger partial charge in [0.25, 0.3) is 0 Å². The molecule has 2 N–H and O–H groups in total. The van der Waals surface area contributed by atoms with Gasteiger partial charge in [-0.3, -0.25) is 4.79 Å². The van der Waals surface area contributed by atoms with Crippen LogP contribution in [0.25, 0.3) is 0 Å². The van der Waals surface area contributed by atoms with Gasteiger partial charge in [-0.15, -0.1) is 11.8 Å². The zero-order valence-corrected chi connectivity index (χ0v) is 17.1. The molecule has 148 valence electrons. The Morgan fingerprint density at radius 2 is 1.93 bits per heavy atom. The zero-order valence-electron chi connectivity index (χ0n) is 15.4. The Morgan fingerprint density at radius 1 is 1.22 bits per heavy atom. The molecule has 0 aliphatic carbocycles. The van der Waals surface area contributed by atoms with E-state index in [1.807, 2.05) is 13.8 Å². The molecule has 0 radical (unpaired) electrons. The minimum Gasteiger partial charge on any atom is -0.497 e. The lowest BCUT2D eigenvalue weighted by molar-refractivity contribution is -0.118. The minimum absolute atomic E-state index is 0.106. The summed E-state index contributed by atoms with van der Waals surface area (Å²) in [6.07, 6.45) is 0. The molecule has 2 aromatic rings. The minimum atomic E-state index is -3.62. The first-order chi connectivity index (χ1) is 12.8. The number of ether oxygens (including phenoxy) is 1. The predicted octanol–water partition coefficient (Wildman–Crippen LogP) is 1.63. The standard InChI is InChI=1S/C17H23N3O5S2/c1-12-16(13(2)25-20-12)10-26-11-17(21)18-8-9-19-27(22,23)15-6-4-14(24-3)5-7-15/h4-7,19H,8-11H2,1-3H3,(H,18,21). The first kappa shape index (κ1) is 21.3. The Labute approximate surface area is 163 Å². The number of sulfonamides is 1. The molecule has 0 saturated carbocycles. The van der Waals surface area contributed by atoms with Gasteiger partial charge in [-0.1, -0.05) is 5.16 Å². The van der Waals surface area contributed by atoms with Gasteiger partial charge in [-0.25, -0.2) is 13.1 Å². The molecule has 1 heterocycles. The van der Waals surface area contributed by atoms with Crippen LogP contribution in [-0.2, 0) is 20.6 Å². The van der Waals surface area contributed by atoms with Gasteiger partial charge in [0.05, 0.1) is 23.5 Å². The van der Waals surface area contributed by atoms with E-state index in [2.05, 4.69) is 15.2 Å². The van der Waals surface area contributed by atoms with Crippen LogP contribution >= 0.6 is 11.8 Å². The van der Waals surface area contributed by atoms with E-state index in [0.717, 1.165) is 17.0 Å². The second kappa shape index (κ2) is 9.77. The molecule has 1 aromatic heterocycles. The summed E-state index contributed by atoms with van der Waals surface area (Å²) in [5.41, 5.74) is 1.83. The number of aromatic nitrogens is 1. The SMILES string of the molecule is COc1ccc(S(=O)(=O)NCCNC(=O)CSCc2c(C)noc2C)cc1. The Hall–Kier alpha value is -2.04. The van der Waals surface area contributed by atoms with Gasteiger partial charge in [0.1, 0.15) is 11.5 Å². The first-order valence-electron chi connectivity index (χ1n) is 8.23. The van der Waals surface area contributed by atoms with Crippen LogP contribution in [-0.4, -0.2) is 45.4 Å². The van der Waals surface area contributed by atoms with Crippen molar-refractivity contribution in [1.82, 2.24) is 15.2 Å². The first-order valence-corrected chi connectivity index (χ1v) is 10.9. The monoisotopic (exact) mass is 413 g/mol. The van der Waals surface area contributed by atoms with Gasteiger partial charge < -0.3 is 14.6 Å². The number of thioether (sulfide) groups is 1. The summed E-state index contributed by atoms with van der Waals surface area (Å²) in [5, 5.41) is 6.56. The second-order valence-electron chi connectivity index (χ2n) is 5.72. The highest BCUT2D eigenvalue weighted by molar-refractivity contribution is 7.99. The number of rotatable bonds is 10. The number of carbonyl (C=O) groups excluding carboxylic acids is 1. The fraction of sp³-hybridized carbons (Fsp3) is 0.412. The number of nitrogens with one attached hydrogen (secondary N) is 2. The average molecular weight is 414 g/mol. The van der Waals surface area contributed by atoms with Crippen molar-refractivity contribution in [1.29, 1.82) is 0 Å². The van der Waals surface area contributed by atoms with Crippen molar-refractivity contribution in [2.45, 2.75) is 24.5 Å². The van der Waals surface area contributed by atoms with E-state index in [1.165, 1.54) is 31.0 Å². The molecule has 8 nitrogen and oxygen atoms in total. The number of benzene rings is 1.